The number of ketones is 2. The molecular formula is C17H14O4. The Morgan fingerprint density at radius 1 is 1.19 bits per heavy atom. The van der Waals surface area contributed by atoms with Gasteiger partial charge in [-0.2, -0.15) is 0 Å². The lowest BCUT2D eigenvalue weighted by Gasteiger charge is -2.38. The second-order valence-electron chi connectivity index (χ2n) is 6.30. The maximum absolute atomic E-state index is 12.7. The molecule has 2 aliphatic carbocycles. The molecule has 1 aromatic rings. The van der Waals surface area contributed by atoms with Gasteiger partial charge in [-0.15, -0.1) is 0 Å². The Labute approximate surface area is 121 Å². The van der Waals surface area contributed by atoms with Gasteiger partial charge in [-0.3, -0.25) is 9.59 Å². The first-order valence-corrected chi connectivity index (χ1v) is 7.41. The maximum atomic E-state index is 12.7. The minimum absolute atomic E-state index is 0.0458. The Morgan fingerprint density at radius 2 is 2.05 bits per heavy atom. The van der Waals surface area contributed by atoms with Gasteiger partial charge in [-0.25, -0.2) is 0 Å². The van der Waals surface area contributed by atoms with E-state index in [0.717, 1.165) is 24.8 Å². The van der Waals surface area contributed by atoms with Gasteiger partial charge in [0.05, 0.1) is 5.92 Å². The smallest absolute Gasteiger partial charge is 0.186 e. The Kier molecular flexibility index (Phi) is 1.98. The Morgan fingerprint density at radius 3 is 2.95 bits per heavy atom. The number of carbonyl (C=O) groups excluding carboxylic acids is 2. The number of carbonyl (C=O) groups is 2. The molecule has 1 aromatic carbocycles. The predicted molar refractivity (Wildman–Crippen MR) is 72.6 cm³/mol. The lowest BCUT2D eigenvalue weighted by molar-refractivity contribution is -0.191. The highest BCUT2D eigenvalue weighted by atomic mass is 16.8. The number of rotatable bonds is 0. The second kappa shape index (κ2) is 3.51. The number of hydrogen-bond acceptors (Lipinski definition) is 4. The molecule has 106 valence electrons. The molecule has 4 atom stereocenters. The summed E-state index contributed by atoms with van der Waals surface area (Å²) in [6.07, 6.45) is 5.17. The molecule has 4 heteroatoms. The van der Waals surface area contributed by atoms with Crippen LogP contribution >= 0.6 is 0 Å². The SMILES string of the molecule is O=C1C=CC2(OC34CCCC3C(=O)C2O4)c2ccccc21. The van der Waals surface area contributed by atoms with Crippen LogP contribution in [-0.4, -0.2) is 23.5 Å². The minimum Gasteiger partial charge on any atom is -0.334 e. The second-order valence-corrected chi connectivity index (χ2v) is 6.30. The fourth-order valence-corrected chi connectivity index (χ4v) is 4.41. The lowest BCUT2D eigenvalue weighted by Crippen LogP contribution is -2.50. The van der Waals surface area contributed by atoms with E-state index < -0.39 is 17.5 Å². The summed E-state index contributed by atoms with van der Waals surface area (Å²) in [6, 6.07) is 7.36. The summed E-state index contributed by atoms with van der Waals surface area (Å²) >= 11 is 0. The quantitative estimate of drug-likeness (QED) is 0.731. The zero-order valence-electron chi connectivity index (χ0n) is 11.4. The third kappa shape index (κ3) is 1.20. The van der Waals surface area contributed by atoms with Gasteiger partial charge in [0.2, 0.25) is 0 Å². The van der Waals surface area contributed by atoms with E-state index in [4.69, 9.17) is 9.47 Å². The van der Waals surface area contributed by atoms with E-state index in [1.165, 1.54) is 6.08 Å². The molecule has 2 bridgehead atoms. The summed E-state index contributed by atoms with van der Waals surface area (Å²) in [6.45, 7) is 0. The zero-order chi connectivity index (χ0) is 14.2. The number of ether oxygens (including phenoxy) is 2. The topological polar surface area (TPSA) is 52.6 Å². The number of hydrogen-bond donors (Lipinski definition) is 0. The summed E-state index contributed by atoms with van der Waals surface area (Å²) in [5, 5.41) is 0. The van der Waals surface area contributed by atoms with Crippen molar-refractivity contribution in [3.05, 3.63) is 47.5 Å². The number of allylic oxidation sites excluding steroid dienone is 1. The average molecular weight is 282 g/mol. The van der Waals surface area contributed by atoms with Crippen molar-refractivity contribution in [2.75, 3.05) is 0 Å². The third-order valence-electron chi connectivity index (χ3n) is 5.30. The van der Waals surface area contributed by atoms with Gasteiger partial charge in [0, 0.05) is 17.5 Å². The highest BCUT2D eigenvalue weighted by Crippen LogP contribution is 2.61. The van der Waals surface area contributed by atoms with E-state index in [-0.39, 0.29) is 17.5 Å². The standard InChI is InChI=1S/C17H14O4/c18-13-7-9-16(11-5-2-1-4-10(11)13)15-14(19)12-6-3-8-17(12,20-15)21-16/h1-2,4-5,7,9,12,15H,3,6,8H2. The predicted octanol–water partition coefficient (Wildman–Crippen LogP) is 2.13. The molecule has 0 aromatic heterocycles. The van der Waals surface area contributed by atoms with Gasteiger partial charge in [0.1, 0.15) is 5.60 Å². The summed E-state index contributed by atoms with van der Waals surface area (Å²) in [7, 11) is 0. The number of benzene rings is 1. The van der Waals surface area contributed by atoms with E-state index in [2.05, 4.69) is 0 Å². The van der Waals surface area contributed by atoms with E-state index >= 15 is 0 Å². The maximum Gasteiger partial charge on any atom is 0.186 e. The van der Waals surface area contributed by atoms with Gasteiger partial charge >= 0.3 is 0 Å². The summed E-state index contributed by atoms with van der Waals surface area (Å²) in [5.41, 5.74) is 0.454. The van der Waals surface area contributed by atoms with Crippen LogP contribution in [0.3, 0.4) is 0 Å². The molecule has 4 aliphatic rings. The van der Waals surface area contributed by atoms with Crippen molar-refractivity contribution in [3.63, 3.8) is 0 Å². The van der Waals surface area contributed by atoms with E-state index in [1.807, 2.05) is 18.2 Å². The van der Waals surface area contributed by atoms with Crippen LogP contribution in [0.1, 0.15) is 35.2 Å². The Balaban J connectivity index is 1.73. The Bertz CT molecular complexity index is 721. The summed E-state index contributed by atoms with van der Waals surface area (Å²) in [5.74, 6) is -0.811. The fourth-order valence-electron chi connectivity index (χ4n) is 4.41. The van der Waals surface area contributed by atoms with E-state index in [1.54, 1.807) is 12.1 Å². The molecular weight excluding hydrogens is 268 g/mol. The van der Waals surface area contributed by atoms with Gasteiger partial charge < -0.3 is 9.47 Å². The molecule has 1 saturated carbocycles. The average Bonchev–Trinajstić information content (AvgIpc) is 3.13. The summed E-state index contributed by atoms with van der Waals surface area (Å²) < 4.78 is 12.4. The molecule has 4 nitrogen and oxygen atoms in total. The Hall–Kier alpha value is -1.78. The highest BCUT2D eigenvalue weighted by Gasteiger charge is 2.72. The van der Waals surface area contributed by atoms with Crippen molar-refractivity contribution in [2.24, 2.45) is 5.92 Å². The normalized spacial score (nSPS) is 42.7. The van der Waals surface area contributed by atoms with Gasteiger partial charge in [-0.1, -0.05) is 24.3 Å². The van der Waals surface area contributed by atoms with Crippen LogP contribution in [0.15, 0.2) is 36.4 Å². The van der Waals surface area contributed by atoms with E-state index in [9.17, 15) is 9.59 Å². The lowest BCUT2D eigenvalue weighted by atomic mass is 9.75. The van der Waals surface area contributed by atoms with Crippen LogP contribution in [0.2, 0.25) is 0 Å². The molecule has 4 unspecified atom stereocenters. The third-order valence-corrected chi connectivity index (χ3v) is 5.30. The molecule has 2 heterocycles. The zero-order valence-corrected chi connectivity index (χ0v) is 11.4. The molecule has 2 aliphatic heterocycles. The summed E-state index contributed by atoms with van der Waals surface area (Å²) in [4.78, 5) is 24.8. The molecule has 2 spiro atoms. The van der Waals surface area contributed by atoms with Crippen LogP contribution in [0.25, 0.3) is 0 Å². The van der Waals surface area contributed by atoms with Crippen LogP contribution in [-0.2, 0) is 19.9 Å². The van der Waals surface area contributed by atoms with Crippen molar-refractivity contribution in [1.29, 1.82) is 0 Å². The first-order valence-electron chi connectivity index (χ1n) is 7.41. The fraction of sp³-hybridized carbons (Fsp3) is 0.412. The monoisotopic (exact) mass is 282 g/mol. The van der Waals surface area contributed by atoms with Crippen molar-refractivity contribution in [1.82, 2.24) is 0 Å². The largest absolute Gasteiger partial charge is 0.334 e. The van der Waals surface area contributed by atoms with Gasteiger partial charge in [0.25, 0.3) is 0 Å². The van der Waals surface area contributed by atoms with Crippen molar-refractivity contribution >= 4 is 11.6 Å². The van der Waals surface area contributed by atoms with Gasteiger partial charge in [-0.05, 0) is 25.0 Å². The molecule has 0 radical (unpaired) electrons. The van der Waals surface area contributed by atoms with Crippen molar-refractivity contribution in [2.45, 2.75) is 36.8 Å². The van der Waals surface area contributed by atoms with Crippen molar-refractivity contribution in [3.8, 4) is 0 Å². The highest BCUT2D eigenvalue weighted by molar-refractivity contribution is 6.08. The molecule has 3 fully saturated rings. The minimum atomic E-state index is -0.914. The first-order chi connectivity index (χ1) is 10.2. The van der Waals surface area contributed by atoms with Gasteiger partial charge in [0.15, 0.2) is 23.5 Å². The van der Waals surface area contributed by atoms with Crippen LogP contribution in [0, 0.1) is 5.92 Å². The molecule has 21 heavy (non-hydrogen) atoms. The number of fused-ring (bicyclic) bond motifs is 4. The van der Waals surface area contributed by atoms with Crippen molar-refractivity contribution < 1.29 is 19.1 Å². The van der Waals surface area contributed by atoms with Crippen LogP contribution < -0.4 is 0 Å². The molecule has 0 N–H and O–H groups in total. The first kappa shape index (κ1) is 11.8. The van der Waals surface area contributed by atoms with Crippen LogP contribution in [0.5, 0.6) is 0 Å². The molecule has 0 amide bonds. The van der Waals surface area contributed by atoms with Crippen LogP contribution in [0.4, 0.5) is 0 Å². The number of Topliss-reactive ketones (excluding diaryl/α,β-unsaturated/α-hetero) is 1. The molecule has 5 rings (SSSR count). The van der Waals surface area contributed by atoms with E-state index in [0.29, 0.717) is 5.56 Å². The molecule has 2 saturated heterocycles.